The average Bonchev–Trinajstić information content (AvgIpc) is 3.69. The van der Waals surface area contributed by atoms with Gasteiger partial charge in [0.15, 0.2) is 0 Å². The summed E-state index contributed by atoms with van der Waals surface area (Å²) in [7, 11) is 5.57. The quantitative estimate of drug-likeness (QED) is 0.0994. The molecule has 0 bridgehead atoms. The Bertz CT molecular complexity index is 1200. The van der Waals surface area contributed by atoms with Crippen LogP contribution in [0.3, 0.4) is 0 Å². The van der Waals surface area contributed by atoms with Gasteiger partial charge in [-0.2, -0.15) is 54.0 Å². The number of nitrogens with one attached hydrogen (secondary N) is 1. The lowest BCUT2D eigenvalue weighted by atomic mass is 10.2. The minimum absolute atomic E-state index is 0. The number of carbonyl (C=O) groups is 10. The highest BCUT2D eigenvalue weighted by molar-refractivity contribution is 8.77. The van der Waals surface area contributed by atoms with Crippen LogP contribution in [0.5, 0.6) is 0 Å². The van der Waals surface area contributed by atoms with E-state index in [9.17, 15) is 47.9 Å². The first-order chi connectivity index (χ1) is 23.9. The van der Waals surface area contributed by atoms with Crippen molar-refractivity contribution in [1.29, 1.82) is 0 Å². The van der Waals surface area contributed by atoms with Crippen molar-refractivity contribution >= 4 is 156 Å². The molecule has 7 amide bonds. The van der Waals surface area contributed by atoms with Gasteiger partial charge in [0, 0.05) is 74.5 Å². The Kier molecular flexibility index (Phi) is 33.7. The molecule has 3 heterocycles. The Hall–Kier alpha value is -1.90. The maximum absolute atomic E-state index is 11.6. The number of nitrogens with zero attached hydrogens (tertiary/aromatic N) is 3. The van der Waals surface area contributed by atoms with Crippen molar-refractivity contribution in [2.75, 3.05) is 29.6 Å². The summed E-state index contributed by atoms with van der Waals surface area (Å²) >= 11 is 0. The molecule has 3 aliphatic rings. The zero-order valence-electron chi connectivity index (χ0n) is 29.5. The Morgan fingerprint density at radius 3 is 1.06 bits per heavy atom. The smallest absolute Gasteiger partial charge is 0.334 e. The Labute approximate surface area is 357 Å². The van der Waals surface area contributed by atoms with Crippen LogP contribution < -0.4 is 5.32 Å². The minimum atomic E-state index is -0.688. The number of hydroxylamine groups is 6. The highest BCUT2D eigenvalue weighted by Crippen LogP contribution is 2.25. The maximum atomic E-state index is 11.6. The third kappa shape index (κ3) is 22.6. The molecule has 0 aromatic carbocycles. The molecule has 0 atom stereocenters. The van der Waals surface area contributed by atoms with Crippen molar-refractivity contribution in [1.82, 2.24) is 20.5 Å². The molecule has 0 spiro atoms. The molecule has 0 saturated carbocycles. The SMILES string of the molecule is CCCCCNC(=O)CCSSCCC(=O)ON1C(=O)CCC1=O.O=C(CCSSCCC(=O)ON1C(=O)CCC1=O)ON1C(=O)CCC1=O.S.S.S.S. The van der Waals surface area contributed by atoms with Gasteiger partial charge >= 0.3 is 17.9 Å². The zero-order chi connectivity index (χ0) is 36.9. The number of hydrogen-bond acceptors (Lipinski definition) is 17. The first-order valence-electron chi connectivity index (χ1n) is 15.9. The summed E-state index contributed by atoms with van der Waals surface area (Å²) in [4.78, 5) is 128. The van der Waals surface area contributed by atoms with E-state index in [1.807, 2.05) is 0 Å². The standard InChI is InChI=1S/C15H24N2O5S2.C14H16N2O8S2.4H2S/c1-2-3-4-9-16-12(18)7-10-23-24-11-8-15(21)22-17-13(19)5-6-14(17)20;17-9-1-2-10(18)15(9)23-13(21)5-7-25-26-8-6-14(22)24-16-11(19)3-4-12(16)20;;;;/h2-11H2,1H3,(H,16,18);1-8H2;4*1H2. The Morgan fingerprint density at radius 1 is 0.500 bits per heavy atom. The number of imide groups is 3. The van der Waals surface area contributed by atoms with E-state index < -0.39 is 53.4 Å². The normalized spacial score (nSPS) is 14.6. The van der Waals surface area contributed by atoms with Gasteiger partial charge < -0.3 is 19.8 Å². The summed E-state index contributed by atoms with van der Waals surface area (Å²) in [6.07, 6.45) is 4.17. The number of hydrogen-bond donors (Lipinski definition) is 1. The van der Waals surface area contributed by atoms with Crippen molar-refractivity contribution in [3.63, 3.8) is 0 Å². The second-order valence-corrected chi connectivity index (χ2v) is 15.9. The fraction of sp³-hybridized carbons (Fsp3) is 0.655. The predicted octanol–water partition coefficient (Wildman–Crippen LogP) is 2.88. The molecular weight excluding hydrogens is 869 g/mol. The fourth-order valence-corrected chi connectivity index (χ4v) is 7.76. The van der Waals surface area contributed by atoms with Gasteiger partial charge in [0.2, 0.25) is 5.91 Å². The van der Waals surface area contributed by atoms with Crippen molar-refractivity contribution in [3.8, 4) is 0 Å². The van der Waals surface area contributed by atoms with Crippen molar-refractivity contribution in [2.24, 2.45) is 0 Å². The van der Waals surface area contributed by atoms with E-state index in [4.69, 9.17) is 14.5 Å². The van der Waals surface area contributed by atoms with Gasteiger partial charge in [-0.1, -0.05) is 62.9 Å². The molecule has 25 heteroatoms. The van der Waals surface area contributed by atoms with Crippen LogP contribution in [0.4, 0.5) is 0 Å². The van der Waals surface area contributed by atoms with Crippen molar-refractivity contribution in [2.45, 2.75) is 90.4 Å². The number of amides is 7. The van der Waals surface area contributed by atoms with Crippen molar-refractivity contribution in [3.05, 3.63) is 0 Å². The molecule has 310 valence electrons. The van der Waals surface area contributed by atoms with Gasteiger partial charge in [0.1, 0.15) is 0 Å². The van der Waals surface area contributed by atoms with Gasteiger partial charge in [-0.15, -0.1) is 15.2 Å². The van der Waals surface area contributed by atoms with Crippen LogP contribution in [0.25, 0.3) is 0 Å². The average molecular weight is 917 g/mol. The highest BCUT2D eigenvalue weighted by Gasteiger charge is 2.34. The van der Waals surface area contributed by atoms with Crippen LogP contribution in [-0.2, 0) is 62.5 Å². The first kappa shape index (κ1) is 56.4. The summed E-state index contributed by atoms with van der Waals surface area (Å²) < 4.78 is 0. The van der Waals surface area contributed by atoms with Gasteiger partial charge in [-0.25, -0.2) is 14.4 Å². The van der Waals surface area contributed by atoms with Crippen LogP contribution in [-0.4, -0.2) is 104 Å². The van der Waals surface area contributed by atoms with E-state index in [0.717, 1.165) is 25.8 Å². The number of unbranched alkanes of at least 4 members (excludes halogenated alkanes) is 2. The predicted molar refractivity (Wildman–Crippen MR) is 224 cm³/mol. The summed E-state index contributed by atoms with van der Waals surface area (Å²) in [6, 6.07) is 0. The molecule has 0 unspecified atom stereocenters. The molecule has 3 rings (SSSR count). The first-order valence-corrected chi connectivity index (χ1v) is 20.9. The lowest BCUT2D eigenvalue weighted by Crippen LogP contribution is -2.32. The summed E-state index contributed by atoms with van der Waals surface area (Å²) in [5.41, 5.74) is 0. The van der Waals surface area contributed by atoms with E-state index in [-0.39, 0.29) is 118 Å². The topological polar surface area (TPSA) is 220 Å². The van der Waals surface area contributed by atoms with E-state index >= 15 is 0 Å². The number of carbonyl (C=O) groups excluding carboxylic acids is 10. The van der Waals surface area contributed by atoms with Crippen LogP contribution in [0, 0.1) is 0 Å². The Morgan fingerprint density at radius 2 is 0.778 bits per heavy atom. The highest BCUT2D eigenvalue weighted by atomic mass is 33.1. The van der Waals surface area contributed by atoms with Crippen molar-refractivity contribution < 1.29 is 62.5 Å². The second kappa shape index (κ2) is 32.2. The third-order valence-electron chi connectivity index (χ3n) is 6.45. The Balaban J connectivity index is -0.000000900. The van der Waals surface area contributed by atoms with Crippen LogP contribution in [0.15, 0.2) is 0 Å². The molecule has 17 nitrogen and oxygen atoms in total. The maximum Gasteiger partial charge on any atom is 0.334 e. The number of rotatable bonds is 21. The lowest BCUT2D eigenvalue weighted by Gasteiger charge is -2.12. The van der Waals surface area contributed by atoms with E-state index in [1.54, 1.807) is 0 Å². The van der Waals surface area contributed by atoms with Crippen LogP contribution in [0.1, 0.15) is 90.4 Å². The van der Waals surface area contributed by atoms with Crippen LogP contribution in [0.2, 0.25) is 0 Å². The molecule has 3 saturated heterocycles. The largest absolute Gasteiger partial charge is 0.356 e. The minimum Gasteiger partial charge on any atom is -0.356 e. The molecule has 54 heavy (non-hydrogen) atoms. The van der Waals surface area contributed by atoms with Gasteiger partial charge in [0.05, 0.1) is 19.3 Å². The molecule has 0 aromatic heterocycles. The molecule has 0 radical (unpaired) electrons. The molecule has 1 N–H and O–H groups in total. The zero-order valence-corrected chi connectivity index (χ0v) is 36.8. The van der Waals surface area contributed by atoms with Gasteiger partial charge in [-0.3, -0.25) is 33.6 Å². The molecule has 3 fully saturated rings. The monoisotopic (exact) mass is 916 g/mol. The summed E-state index contributed by atoms with van der Waals surface area (Å²) in [6.45, 7) is 2.84. The molecule has 3 aliphatic heterocycles. The van der Waals surface area contributed by atoms with Gasteiger partial charge in [-0.05, 0) is 6.42 Å². The summed E-state index contributed by atoms with van der Waals surface area (Å²) in [5, 5.41) is 4.42. The van der Waals surface area contributed by atoms with E-state index in [1.165, 1.54) is 43.2 Å². The molecule has 0 aliphatic carbocycles. The van der Waals surface area contributed by atoms with E-state index in [0.29, 0.717) is 44.6 Å². The molecular formula is C29H48N4O13S8. The van der Waals surface area contributed by atoms with E-state index in [2.05, 4.69) is 12.2 Å². The van der Waals surface area contributed by atoms with Crippen LogP contribution >= 0.6 is 97.2 Å². The van der Waals surface area contributed by atoms with Gasteiger partial charge in [0.25, 0.3) is 35.4 Å². The second-order valence-electron chi connectivity index (χ2n) is 10.5. The lowest BCUT2D eigenvalue weighted by molar-refractivity contribution is -0.197. The third-order valence-corrected chi connectivity index (χ3v) is 11.3. The molecule has 0 aromatic rings. The fourth-order valence-electron chi connectivity index (χ4n) is 3.85. The summed E-state index contributed by atoms with van der Waals surface area (Å²) in [5.74, 6) is -3.10.